The van der Waals surface area contributed by atoms with E-state index >= 15 is 0 Å². The van der Waals surface area contributed by atoms with Crippen molar-refractivity contribution < 1.29 is 9.47 Å². The van der Waals surface area contributed by atoms with Crippen LogP contribution >= 0.6 is 0 Å². The zero-order valence-electron chi connectivity index (χ0n) is 19.1. The highest BCUT2D eigenvalue weighted by atomic mass is 16.5. The van der Waals surface area contributed by atoms with Gasteiger partial charge in [0.1, 0.15) is 12.4 Å². The summed E-state index contributed by atoms with van der Waals surface area (Å²) in [5.41, 5.74) is 2.37. The Morgan fingerprint density at radius 2 is 1.90 bits per heavy atom. The highest BCUT2D eigenvalue weighted by Gasteiger charge is 2.25. The molecule has 1 unspecified atom stereocenters. The summed E-state index contributed by atoms with van der Waals surface area (Å²) in [7, 11) is 5.95. The monoisotopic (exact) mass is 424 g/mol. The van der Waals surface area contributed by atoms with E-state index in [0.717, 1.165) is 49.9 Å². The van der Waals surface area contributed by atoms with Crippen LogP contribution in [0.4, 0.5) is 0 Å². The van der Waals surface area contributed by atoms with Crippen LogP contribution in [0, 0.1) is 5.92 Å². The third kappa shape index (κ3) is 7.56. The van der Waals surface area contributed by atoms with Crippen molar-refractivity contribution in [3.05, 3.63) is 65.7 Å². The fraction of sp³-hybridized carbons (Fsp3) is 0.480. The molecule has 0 aromatic heterocycles. The Morgan fingerprint density at radius 3 is 2.68 bits per heavy atom. The van der Waals surface area contributed by atoms with Gasteiger partial charge < -0.3 is 24.6 Å². The number of likely N-dealkylation sites (N-methyl/N-ethyl adjacent to an activating group) is 1. The minimum atomic E-state index is 0.531. The van der Waals surface area contributed by atoms with Gasteiger partial charge in [0.15, 0.2) is 5.96 Å². The van der Waals surface area contributed by atoms with Crippen LogP contribution in [0.5, 0.6) is 5.75 Å². The molecular weight excluding hydrogens is 388 g/mol. The van der Waals surface area contributed by atoms with E-state index in [-0.39, 0.29) is 0 Å². The summed E-state index contributed by atoms with van der Waals surface area (Å²) in [4.78, 5) is 8.95. The summed E-state index contributed by atoms with van der Waals surface area (Å²) >= 11 is 0. The van der Waals surface area contributed by atoms with Crippen molar-refractivity contribution in [2.24, 2.45) is 10.9 Å². The maximum Gasteiger partial charge on any atom is 0.193 e. The summed E-state index contributed by atoms with van der Waals surface area (Å²) in [6.07, 6.45) is 1.12. The van der Waals surface area contributed by atoms with Crippen LogP contribution in [-0.2, 0) is 17.9 Å². The topological polar surface area (TPSA) is 49.3 Å². The minimum absolute atomic E-state index is 0.531. The second-order valence-corrected chi connectivity index (χ2v) is 8.26. The molecule has 0 bridgehead atoms. The molecule has 1 fully saturated rings. The molecule has 0 aliphatic carbocycles. The van der Waals surface area contributed by atoms with Crippen LogP contribution in [0.3, 0.4) is 0 Å². The number of hydrogen-bond donors (Lipinski definition) is 1. The van der Waals surface area contributed by atoms with Crippen molar-refractivity contribution in [1.82, 2.24) is 15.1 Å². The highest BCUT2D eigenvalue weighted by molar-refractivity contribution is 5.80. The van der Waals surface area contributed by atoms with E-state index in [1.54, 1.807) is 0 Å². The molecule has 1 aliphatic heterocycles. The molecule has 2 aromatic rings. The van der Waals surface area contributed by atoms with E-state index in [1.807, 2.05) is 25.2 Å². The fourth-order valence-electron chi connectivity index (χ4n) is 3.71. The van der Waals surface area contributed by atoms with Crippen molar-refractivity contribution in [3.8, 4) is 5.75 Å². The van der Waals surface area contributed by atoms with Crippen LogP contribution in [-0.4, -0.2) is 69.8 Å². The minimum Gasteiger partial charge on any atom is -0.492 e. The number of guanidine groups is 1. The van der Waals surface area contributed by atoms with Crippen molar-refractivity contribution in [1.29, 1.82) is 0 Å². The molecule has 31 heavy (non-hydrogen) atoms. The Morgan fingerprint density at radius 1 is 1.13 bits per heavy atom. The number of nitrogens with one attached hydrogen (secondary N) is 1. The van der Waals surface area contributed by atoms with Crippen molar-refractivity contribution >= 4 is 5.96 Å². The first-order valence-corrected chi connectivity index (χ1v) is 11.1. The molecule has 1 atom stereocenters. The Labute approximate surface area is 186 Å². The maximum absolute atomic E-state index is 5.99. The summed E-state index contributed by atoms with van der Waals surface area (Å²) in [6.45, 7) is 5.69. The van der Waals surface area contributed by atoms with E-state index in [4.69, 9.17) is 9.47 Å². The molecule has 0 spiro atoms. The van der Waals surface area contributed by atoms with Crippen molar-refractivity contribution in [3.63, 3.8) is 0 Å². The number of rotatable bonds is 10. The molecule has 6 heteroatoms. The van der Waals surface area contributed by atoms with Crippen molar-refractivity contribution in [2.75, 3.05) is 54.0 Å². The average molecular weight is 425 g/mol. The average Bonchev–Trinajstić information content (AvgIpc) is 3.24. The van der Waals surface area contributed by atoms with Gasteiger partial charge in [0.25, 0.3) is 0 Å². The van der Waals surface area contributed by atoms with Crippen LogP contribution in [0.25, 0.3) is 0 Å². The molecule has 1 aliphatic rings. The first-order chi connectivity index (χ1) is 15.2. The quantitative estimate of drug-likeness (QED) is 0.469. The fourth-order valence-corrected chi connectivity index (χ4v) is 3.71. The van der Waals surface area contributed by atoms with Gasteiger partial charge in [-0.05, 0) is 32.1 Å². The molecule has 1 N–H and O–H groups in total. The summed E-state index contributed by atoms with van der Waals surface area (Å²) in [5, 5.41) is 3.51. The van der Waals surface area contributed by atoms with E-state index < -0.39 is 0 Å². The lowest BCUT2D eigenvalue weighted by Crippen LogP contribution is -2.40. The van der Waals surface area contributed by atoms with Crippen LogP contribution < -0.4 is 10.1 Å². The van der Waals surface area contributed by atoms with Gasteiger partial charge in [-0.2, -0.15) is 0 Å². The van der Waals surface area contributed by atoms with Gasteiger partial charge in [0, 0.05) is 44.7 Å². The normalized spacial score (nSPS) is 16.7. The molecule has 2 aromatic carbocycles. The van der Waals surface area contributed by atoms with Crippen LogP contribution in [0.1, 0.15) is 17.5 Å². The Bertz CT molecular complexity index is 810. The molecule has 0 radical (unpaired) electrons. The summed E-state index contributed by atoms with van der Waals surface area (Å²) in [5.74, 6) is 2.40. The third-order valence-corrected chi connectivity index (χ3v) is 5.47. The molecule has 0 amide bonds. The molecule has 1 saturated heterocycles. The lowest BCUT2D eigenvalue weighted by atomic mass is 10.1. The lowest BCUT2D eigenvalue weighted by molar-refractivity contribution is 0.0906. The molecule has 1 heterocycles. The Hall–Kier alpha value is -2.57. The first-order valence-electron chi connectivity index (χ1n) is 11.1. The largest absolute Gasteiger partial charge is 0.492 e. The van der Waals surface area contributed by atoms with Crippen LogP contribution in [0.2, 0.25) is 0 Å². The standard InChI is InChI=1S/C25H36N4O2/c1-26-25(27-17-23-11-7-8-12-24(23)31-16-15-28(2)3)29-14-13-22(18-29)20-30-19-21-9-5-4-6-10-21/h4-12,22H,13-20H2,1-3H3,(H,26,27). The number of nitrogens with zero attached hydrogens (tertiary/aromatic N) is 3. The smallest absolute Gasteiger partial charge is 0.193 e. The van der Waals surface area contributed by atoms with Gasteiger partial charge in [0.05, 0.1) is 13.2 Å². The first kappa shape index (κ1) is 23.1. The Kier molecular flexibility index (Phi) is 9.18. The number of ether oxygens (including phenoxy) is 2. The van der Waals surface area contributed by atoms with Gasteiger partial charge in [-0.1, -0.05) is 48.5 Å². The predicted octanol–water partition coefficient (Wildman–Crippen LogP) is 3.24. The van der Waals surface area contributed by atoms with E-state index in [2.05, 4.69) is 70.6 Å². The lowest BCUT2D eigenvalue weighted by Gasteiger charge is -2.22. The second kappa shape index (κ2) is 12.3. The zero-order valence-corrected chi connectivity index (χ0v) is 19.1. The SMILES string of the molecule is CN=C(NCc1ccccc1OCCN(C)C)N1CCC(COCc2ccccc2)C1. The second-order valence-electron chi connectivity index (χ2n) is 8.26. The number of para-hydroxylation sites is 1. The number of benzene rings is 2. The summed E-state index contributed by atoms with van der Waals surface area (Å²) in [6, 6.07) is 18.6. The maximum atomic E-state index is 5.99. The zero-order chi connectivity index (χ0) is 21.9. The molecule has 6 nitrogen and oxygen atoms in total. The molecule has 3 rings (SSSR count). The van der Waals surface area contributed by atoms with E-state index in [1.165, 1.54) is 5.56 Å². The molecule has 0 saturated carbocycles. The van der Waals surface area contributed by atoms with Gasteiger partial charge in [-0.25, -0.2) is 0 Å². The number of aliphatic imine (C=N–C) groups is 1. The molecule has 168 valence electrons. The summed E-state index contributed by atoms with van der Waals surface area (Å²) < 4.78 is 11.9. The van der Waals surface area contributed by atoms with Gasteiger partial charge in [-0.3, -0.25) is 4.99 Å². The third-order valence-electron chi connectivity index (χ3n) is 5.47. The van der Waals surface area contributed by atoms with E-state index in [9.17, 15) is 0 Å². The number of likely N-dealkylation sites (tertiary alicyclic amines) is 1. The van der Waals surface area contributed by atoms with Crippen LogP contribution in [0.15, 0.2) is 59.6 Å². The van der Waals surface area contributed by atoms with Crippen molar-refractivity contribution in [2.45, 2.75) is 19.6 Å². The van der Waals surface area contributed by atoms with Gasteiger partial charge >= 0.3 is 0 Å². The van der Waals surface area contributed by atoms with Gasteiger partial charge in [0.2, 0.25) is 0 Å². The molecular formula is C25H36N4O2. The number of hydrogen-bond acceptors (Lipinski definition) is 4. The predicted molar refractivity (Wildman–Crippen MR) is 126 cm³/mol. The highest BCUT2D eigenvalue weighted by Crippen LogP contribution is 2.20. The van der Waals surface area contributed by atoms with Gasteiger partial charge in [-0.15, -0.1) is 0 Å². The van der Waals surface area contributed by atoms with E-state index in [0.29, 0.717) is 25.7 Å². The Balaban J connectivity index is 1.44.